The number of hydrogen-bond donors (Lipinski definition) is 0. The zero-order chi connectivity index (χ0) is 31.8. The Balaban J connectivity index is 0.000000414. The number of halogens is 10. The summed E-state index contributed by atoms with van der Waals surface area (Å²) in [7, 11) is 0. The number of Topliss-reactive ketones (excluding diaryl/α,β-unsaturated/α-hetero) is 2. The maximum Gasteiger partial charge on any atom is 0.453 e. The standard InChI is InChI=1S/C10H9F6N3O3.C9H9F4N3O3/c11-3-7-8(19(21)22)18(5-17-7)4-6(20)1-2-9(12,13)10(14,15)16;10-3-7-8(16(18)19)15(5-14-7)4-6(17)1-2-9(11,12)13/h5H,1-4H2;5H,1-4H2/i11-1;10-1. The maximum atomic E-state index is 12.6. The molecule has 0 bridgehead atoms. The van der Waals surface area contributed by atoms with Gasteiger partial charge in [0.25, 0.3) is 0 Å². The van der Waals surface area contributed by atoms with E-state index in [1.165, 1.54) is 0 Å². The molecule has 0 unspecified atom stereocenters. The molecule has 0 radical (unpaired) electrons. The number of rotatable bonds is 13. The van der Waals surface area contributed by atoms with Crippen LogP contribution in [0.3, 0.4) is 0 Å². The smallest absolute Gasteiger partial charge is 0.358 e. The normalized spacial score (nSPS) is 12.0. The molecule has 0 aliphatic carbocycles. The number of nitro groups is 2. The summed E-state index contributed by atoms with van der Waals surface area (Å²) in [6.45, 7) is -3.97. The van der Waals surface area contributed by atoms with Gasteiger partial charge in [0.1, 0.15) is 13.3 Å². The Morgan fingerprint density at radius 2 is 1.10 bits per heavy atom. The highest BCUT2D eigenvalue weighted by molar-refractivity contribution is 5.79. The van der Waals surface area contributed by atoms with Gasteiger partial charge in [-0.3, -0.25) is 9.59 Å². The lowest BCUT2D eigenvalue weighted by Crippen LogP contribution is -2.36. The first-order chi connectivity index (χ1) is 18.7. The first-order valence-electron chi connectivity index (χ1n) is 10.8. The van der Waals surface area contributed by atoms with E-state index in [-0.39, 0.29) is 0 Å². The van der Waals surface area contributed by atoms with Gasteiger partial charge in [-0.15, -0.1) is 0 Å². The van der Waals surface area contributed by atoms with Crippen LogP contribution in [0.2, 0.25) is 0 Å². The average Bonchev–Trinajstić information content (AvgIpc) is 3.44. The quantitative estimate of drug-likeness (QED) is 0.174. The van der Waals surface area contributed by atoms with Gasteiger partial charge in [0.2, 0.25) is 0 Å². The molecule has 230 valence electrons. The van der Waals surface area contributed by atoms with Crippen LogP contribution in [0, 0.1) is 20.2 Å². The Kier molecular flexibility index (Phi) is 11.9. The molecule has 2 rings (SSSR count). The van der Waals surface area contributed by atoms with Gasteiger partial charge in [-0.1, -0.05) is 0 Å². The van der Waals surface area contributed by atoms with E-state index in [1.54, 1.807) is 0 Å². The minimum absolute atomic E-state index is 0.464. The van der Waals surface area contributed by atoms with Crippen molar-refractivity contribution in [2.45, 2.75) is 70.4 Å². The first-order valence-corrected chi connectivity index (χ1v) is 10.8. The number of carbonyl (C=O) groups is 2. The van der Waals surface area contributed by atoms with E-state index in [1.807, 2.05) is 0 Å². The molecule has 0 aliphatic heterocycles. The van der Waals surface area contributed by atoms with E-state index in [2.05, 4.69) is 9.97 Å². The van der Waals surface area contributed by atoms with Crippen LogP contribution in [0.5, 0.6) is 0 Å². The predicted molar refractivity (Wildman–Crippen MR) is 113 cm³/mol. The van der Waals surface area contributed by atoms with Crippen molar-refractivity contribution < 1.29 is 63.3 Å². The molecular weight excluding hydrogens is 596 g/mol. The summed E-state index contributed by atoms with van der Waals surface area (Å²) in [5.41, 5.74) is -1.04. The van der Waals surface area contributed by atoms with E-state index in [4.69, 9.17) is 0 Å². The third-order valence-corrected chi connectivity index (χ3v) is 4.88. The van der Waals surface area contributed by atoms with E-state index in [0.29, 0.717) is 4.57 Å². The van der Waals surface area contributed by atoms with Gasteiger partial charge >= 0.3 is 29.9 Å². The molecule has 0 saturated carbocycles. The lowest BCUT2D eigenvalue weighted by atomic mass is 10.1. The van der Waals surface area contributed by atoms with Crippen LogP contribution in [0.25, 0.3) is 0 Å². The number of imidazole rings is 2. The summed E-state index contributed by atoms with van der Waals surface area (Å²) in [5, 5.41) is 21.3. The summed E-state index contributed by atoms with van der Waals surface area (Å²) in [5.74, 6) is -8.55. The summed E-state index contributed by atoms with van der Waals surface area (Å²) >= 11 is 0. The minimum atomic E-state index is -5.78. The predicted octanol–water partition coefficient (Wildman–Crippen LogP) is 4.98. The van der Waals surface area contributed by atoms with Crippen molar-refractivity contribution in [2.75, 3.05) is 0 Å². The zero-order valence-electron chi connectivity index (χ0n) is 20.2. The fourth-order valence-electron chi connectivity index (χ4n) is 2.93. The molecule has 0 saturated heterocycles. The van der Waals surface area contributed by atoms with Gasteiger partial charge in [0, 0.05) is 19.3 Å². The van der Waals surface area contributed by atoms with E-state index >= 15 is 0 Å². The molecule has 0 aliphatic rings. The fraction of sp³-hybridized carbons (Fsp3) is 0.579. The molecule has 2 aromatic heterocycles. The second-order valence-electron chi connectivity index (χ2n) is 7.96. The van der Waals surface area contributed by atoms with Crippen LogP contribution in [0.1, 0.15) is 37.1 Å². The van der Waals surface area contributed by atoms with Gasteiger partial charge in [-0.05, 0) is 9.85 Å². The SMILES string of the molecule is O=C(CCC(F)(F)C(F)(F)F)Cn1cnc(C[18F])c1[N+](=O)[O-].O=C(CCC(F)(F)F)Cn1cnc(C[18F])c1[N+](=O)[O-]. The number of aromatic nitrogens is 4. The fourth-order valence-corrected chi connectivity index (χ4v) is 2.93. The topological polar surface area (TPSA) is 156 Å². The van der Waals surface area contributed by atoms with E-state index in [9.17, 15) is 73.7 Å². The van der Waals surface area contributed by atoms with E-state index in [0.717, 1.165) is 17.2 Å². The van der Waals surface area contributed by atoms with Crippen molar-refractivity contribution in [3.63, 3.8) is 0 Å². The molecule has 41 heavy (non-hydrogen) atoms. The van der Waals surface area contributed by atoms with Crippen LogP contribution in [-0.4, -0.2) is 58.8 Å². The second-order valence-corrected chi connectivity index (χ2v) is 7.96. The van der Waals surface area contributed by atoms with Gasteiger partial charge in [0.05, 0.1) is 6.42 Å². The molecule has 0 N–H and O–H groups in total. The molecule has 0 aromatic carbocycles. The molecule has 0 spiro atoms. The maximum absolute atomic E-state index is 12.6. The Hall–Kier alpha value is -4.14. The molecule has 12 nitrogen and oxygen atoms in total. The molecule has 0 atom stereocenters. The molecule has 2 aromatic rings. The molecule has 0 amide bonds. The average molecular weight is 614 g/mol. The highest BCUT2D eigenvalue weighted by Crippen LogP contribution is 2.39. The molecule has 2 heterocycles. The summed E-state index contributed by atoms with van der Waals surface area (Å²) in [4.78, 5) is 48.8. The molecule has 22 heteroatoms. The number of alkyl halides is 10. The van der Waals surface area contributed by atoms with Crippen molar-refractivity contribution in [1.29, 1.82) is 0 Å². The lowest BCUT2D eigenvalue weighted by molar-refractivity contribution is -0.393. The summed E-state index contributed by atoms with van der Waals surface area (Å²) < 4.78 is 123. The van der Waals surface area contributed by atoms with Gasteiger partial charge in [-0.25, -0.2) is 27.9 Å². The number of nitrogens with zero attached hydrogens (tertiary/aromatic N) is 6. The van der Waals surface area contributed by atoms with Crippen molar-refractivity contribution in [3.8, 4) is 0 Å². The van der Waals surface area contributed by atoms with E-state index < -0.39 is 115 Å². The molecule has 0 fully saturated rings. The number of ketones is 2. The van der Waals surface area contributed by atoms with Crippen molar-refractivity contribution in [3.05, 3.63) is 44.3 Å². The second kappa shape index (κ2) is 14.0. The van der Waals surface area contributed by atoms with Gasteiger partial charge in [-0.2, -0.15) is 35.1 Å². The van der Waals surface area contributed by atoms with Crippen LogP contribution in [0.15, 0.2) is 12.7 Å². The van der Waals surface area contributed by atoms with Crippen molar-refractivity contribution in [2.24, 2.45) is 0 Å². The van der Waals surface area contributed by atoms with Crippen LogP contribution < -0.4 is 0 Å². The first kappa shape index (κ1) is 34.9. The number of carbonyl (C=O) groups excluding carboxylic acids is 2. The summed E-state index contributed by atoms with van der Waals surface area (Å²) in [6, 6.07) is 0. The largest absolute Gasteiger partial charge is 0.453 e. The minimum Gasteiger partial charge on any atom is -0.358 e. The Labute approximate surface area is 221 Å². The van der Waals surface area contributed by atoms with Crippen molar-refractivity contribution in [1.82, 2.24) is 19.1 Å². The monoisotopic (exact) mass is 614 g/mol. The molecular formula is C19H18F10N6O6. The van der Waals surface area contributed by atoms with Crippen LogP contribution >= 0.6 is 0 Å². The Morgan fingerprint density at radius 3 is 1.39 bits per heavy atom. The zero-order valence-corrected chi connectivity index (χ0v) is 20.2. The van der Waals surface area contributed by atoms with Gasteiger partial charge in [0.15, 0.2) is 48.7 Å². The van der Waals surface area contributed by atoms with Gasteiger partial charge < -0.3 is 20.2 Å². The highest BCUT2D eigenvalue weighted by Gasteiger charge is 2.56. The van der Waals surface area contributed by atoms with Crippen LogP contribution in [0.4, 0.5) is 55.5 Å². The van der Waals surface area contributed by atoms with Crippen LogP contribution in [-0.2, 0) is 36.0 Å². The Bertz CT molecular complexity index is 1240. The van der Waals surface area contributed by atoms with Crippen molar-refractivity contribution >= 4 is 23.2 Å². The third kappa shape index (κ3) is 10.4. The lowest BCUT2D eigenvalue weighted by Gasteiger charge is -2.18. The number of hydrogen-bond acceptors (Lipinski definition) is 8. The highest BCUT2D eigenvalue weighted by atomic mass is 19.4. The summed E-state index contributed by atoms with van der Waals surface area (Å²) in [6.07, 6.45) is -13.7. The Morgan fingerprint density at radius 1 is 0.732 bits per heavy atom. The third-order valence-electron chi connectivity index (χ3n) is 4.88.